The Bertz CT molecular complexity index is 1010. The van der Waals surface area contributed by atoms with Crippen molar-refractivity contribution in [3.8, 4) is 0 Å². The van der Waals surface area contributed by atoms with Crippen LogP contribution in [0.25, 0.3) is 11.0 Å². The van der Waals surface area contributed by atoms with E-state index in [1.165, 1.54) is 0 Å². The van der Waals surface area contributed by atoms with Crippen LogP contribution in [0.1, 0.15) is 6.42 Å². The minimum atomic E-state index is 0.257. The first kappa shape index (κ1) is 19.7. The van der Waals surface area contributed by atoms with Gasteiger partial charge in [-0.15, -0.1) is 0 Å². The number of H-pyrrole nitrogens is 1. The van der Waals surface area contributed by atoms with Gasteiger partial charge in [-0.05, 0) is 18.2 Å². The van der Waals surface area contributed by atoms with Crippen molar-refractivity contribution in [1.82, 2.24) is 29.7 Å². The lowest BCUT2D eigenvalue weighted by Gasteiger charge is -2.37. The highest BCUT2D eigenvalue weighted by Crippen LogP contribution is 2.23. The van der Waals surface area contributed by atoms with E-state index in [4.69, 9.17) is 0 Å². The van der Waals surface area contributed by atoms with Crippen LogP contribution < -0.4 is 9.80 Å². The predicted octanol–water partition coefficient (Wildman–Crippen LogP) is 1.21. The van der Waals surface area contributed by atoms with E-state index in [0.29, 0.717) is 6.42 Å². The van der Waals surface area contributed by atoms with E-state index in [1.807, 2.05) is 41.6 Å². The van der Waals surface area contributed by atoms with Gasteiger partial charge in [-0.3, -0.25) is 9.69 Å². The molecular formula is C22H28N8O. The molecule has 2 aliphatic heterocycles. The number of hydrogen-bond acceptors (Lipinski definition) is 7. The van der Waals surface area contributed by atoms with Gasteiger partial charge < -0.3 is 19.7 Å². The van der Waals surface area contributed by atoms with Gasteiger partial charge >= 0.3 is 0 Å². The maximum absolute atomic E-state index is 12.7. The molecule has 3 aromatic heterocycles. The van der Waals surface area contributed by atoms with Gasteiger partial charge in [0.25, 0.3) is 0 Å². The first-order valence-electron chi connectivity index (χ1n) is 11.0. The second-order valence-corrected chi connectivity index (χ2v) is 8.07. The molecule has 2 fully saturated rings. The second-order valence-electron chi connectivity index (χ2n) is 8.07. The zero-order valence-electron chi connectivity index (χ0n) is 17.7. The first-order chi connectivity index (χ1) is 15.3. The number of aromatic amines is 1. The molecule has 3 aromatic rings. The summed E-state index contributed by atoms with van der Waals surface area (Å²) in [4.78, 5) is 38.0. The molecule has 0 unspecified atom stereocenters. The molecule has 0 radical (unpaired) electrons. The maximum atomic E-state index is 12.7. The van der Waals surface area contributed by atoms with Crippen LogP contribution >= 0.6 is 0 Å². The number of carbonyl (C=O) groups excluding carboxylic acids is 1. The van der Waals surface area contributed by atoms with E-state index in [1.54, 1.807) is 6.33 Å². The standard InChI is InChI=1S/C22H28N8O/c31-20(29-15-13-28(14-16-29)19-3-1-2-6-23-19)5-8-27-9-11-30(12-10-27)22-18-4-7-24-21(18)25-17-26-22/h1-4,6-7,17H,5,8-16H2,(H,24,25,26). The summed E-state index contributed by atoms with van der Waals surface area (Å²) in [6.07, 6.45) is 5.92. The fourth-order valence-corrected chi connectivity index (χ4v) is 4.43. The van der Waals surface area contributed by atoms with Crippen molar-refractivity contribution in [1.29, 1.82) is 0 Å². The molecule has 2 aliphatic rings. The zero-order valence-corrected chi connectivity index (χ0v) is 17.7. The van der Waals surface area contributed by atoms with Crippen molar-refractivity contribution in [2.45, 2.75) is 6.42 Å². The van der Waals surface area contributed by atoms with E-state index >= 15 is 0 Å². The summed E-state index contributed by atoms with van der Waals surface area (Å²) in [6.45, 7) is 7.74. The Hall–Kier alpha value is -3.20. The third kappa shape index (κ3) is 4.32. The predicted molar refractivity (Wildman–Crippen MR) is 120 cm³/mol. The summed E-state index contributed by atoms with van der Waals surface area (Å²) < 4.78 is 0. The molecule has 0 aliphatic carbocycles. The molecule has 1 amide bonds. The number of nitrogens with zero attached hydrogens (tertiary/aromatic N) is 7. The Morgan fingerprint density at radius 3 is 2.48 bits per heavy atom. The SMILES string of the molecule is O=C(CCN1CCN(c2ncnc3[nH]ccc23)CC1)N1CCN(c2ccccn2)CC1. The van der Waals surface area contributed by atoms with Crippen LogP contribution in [0.5, 0.6) is 0 Å². The van der Waals surface area contributed by atoms with E-state index in [-0.39, 0.29) is 5.91 Å². The average molecular weight is 421 g/mol. The van der Waals surface area contributed by atoms with Crippen LogP contribution in [0.4, 0.5) is 11.6 Å². The van der Waals surface area contributed by atoms with Gasteiger partial charge in [0, 0.05) is 77.7 Å². The number of fused-ring (bicyclic) bond motifs is 1. The number of carbonyl (C=O) groups is 1. The molecule has 0 saturated carbocycles. The van der Waals surface area contributed by atoms with Crippen LogP contribution in [0, 0.1) is 0 Å². The van der Waals surface area contributed by atoms with E-state index < -0.39 is 0 Å². The number of nitrogens with one attached hydrogen (secondary N) is 1. The molecule has 2 saturated heterocycles. The average Bonchev–Trinajstić information content (AvgIpc) is 3.33. The largest absolute Gasteiger partial charge is 0.353 e. The van der Waals surface area contributed by atoms with Crippen LogP contribution in [0.15, 0.2) is 43.0 Å². The number of hydrogen-bond donors (Lipinski definition) is 1. The molecule has 0 atom stereocenters. The lowest BCUT2D eigenvalue weighted by Crippen LogP contribution is -2.50. The number of aromatic nitrogens is 4. The van der Waals surface area contributed by atoms with Crippen LogP contribution in [0.3, 0.4) is 0 Å². The quantitative estimate of drug-likeness (QED) is 0.664. The summed E-state index contributed by atoms with van der Waals surface area (Å²) in [5.74, 6) is 2.24. The van der Waals surface area contributed by atoms with Gasteiger partial charge in [-0.25, -0.2) is 15.0 Å². The second kappa shape index (κ2) is 8.89. The van der Waals surface area contributed by atoms with Crippen molar-refractivity contribution in [2.24, 2.45) is 0 Å². The van der Waals surface area contributed by atoms with Gasteiger partial charge in [0.05, 0.1) is 5.39 Å². The minimum absolute atomic E-state index is 0.257. The fourth-order valence-electron chi connectivity index (χ4n) is 4.43. The van der Waals surface area contributed by atoms with Gasteiger partial charge in [-0.2, -0.15) is 0 Å². The third-order valence-electron chi connectivity index (χ3n) is 6.25. The number of pyridine rings is 1. The molecule has 5 rings (SSSR count). The Labute approximate surface area is 181 Å². The molecule has 1 N–H and O–H groups in total. The van der Waals surface area contributed by atoms with Crippen molar-refractivity contribution in [2.75, 3.05) is 68.7 Å². The Morgan fingerprint density at radius 1 is 0.903 bits per heavy atom. The molecular weight excluding hydrogens is 392 g/mol. The van der Waals surface area contributed by atoms with Crippen molar-refractivity contribution >= 4 is 28.6 Å². The Balaban J connectivity index is 1.07. The molecule has 31 heavy (non-hydrogen) atoms. The lowest BCUT2D eigenvalue weighted by atomic mass is 10.2. The van der Waals surface area contributed by atoms with Gasteiger partial charge in [0.2, 0.25) is 5.91 Å². The number of amides is 1. The highest BCUT2D eigenvalue weighted by molar-refractivity contribution is 5.87. The molecule has 0 aromatic carbocycles. The summed E-state index contributed by atoms with van der Waals surface area (Å²) in [6, 6.07) is 7.99. The zero-order chi connectivity index (χ0) is 21.0. The number of piperazine rings is 2. The topological polar surface area (TPSA) is 84.5 Å². The van der Waals surface area contributed by atoms with Crippen molar-refractivity contribution in [3.05, 3.63) is 43.0 Å². The summed E-state index contributed by atoms with van der Waals surface area (Å²) in [5.41, 5.74) is 0.876. The minimum Gasteiger partial charge on any atom is -0.353 e. The molecule has 9 heteroatoms. The highest BCUT2D eigenvalue weighted by Gasteiger charge is 2.24. The van der Waals surface area contributed by atoms with Crippen molar-refractivity contribution < 1.29 is 4.79 Å². The molecule has 162 valence electrons. The van der Waals surface area contributed by atoms with E-state index in [0.717, 1.165) is 81.6 Å². The van der Waals surface area contributed by atoms with Crippen LogP contribution in [0.2, 0.25) is 0 Å². The van der Waals surface area contributed by atoms with Crippen molar-refractivity contribution in [3.63, 3.8) is 0 Å². The Morgan fingerprint density at radius 2 is 1.71 bits per heavy atom. The smallest absolute Gasteiger partial charge is 0.223 e. The van der Waals surface area contributed by atoms with E-state index in [2.05, 4.69) is 34.6 Å². The van der Waals surface area contributed by atoms with Gasteiger partial charge in [0.1, 0.15) is 23.6 Å². The van der Waals surface area contributed by atoms with Gasteiger partial charge in [0.15, 0.2) is 0 Å². The summed E-state index contributed by atoms with van der Waals surface area (Å²) in [5, 5.41) is 1.07. The fraction of sp³-hybridized carbons (Fsp3) is 0.455. The first-order valence-corrected chi connectivity index (χ1v) is 11.0. The summed E-state index contributed by atoms with van der Waals surface area (Å²) >= 11 is 0. The lowest BCUT2D eigenvalue weighted by molar-refractivity contribution is -0.131. The molecule has 0 bridgehead atoms. The van der Waals surface area contributed by atoms with E-state index in [9.17, 15) is 4.79 Å². The third-order valence-corrected chi connectivity index (χ3v) is 6.25. The molecule has 5 heterocycles. The molecule has 0 spiro atoms. The van der Waals surface area contributed by atoms with Crippen LogP contribution in [-0.4, -0.2) is 94.5 Å². The van der Waals surface area contributed by atoms with Crippen LogP contribution in [-0.2, 0) is 4.79 Å². The highest BCUT2D eigenvalue weighted by atomic mass is 16.2. The Kier molecular flexibility index (Phi) is 5.66. The molecule has 9 nitrogen and oxygen atoms in total. The normalized spacial score (nSPS) is 18.0. The monoisotopic (exact) mass is 420 g/mol. The maximum Gasteiger partial charge on any atom is 0.223 e. The number of rotatable bonds is 5. The number of anilines is 2. The van der Waals surface area contributed by atoms with Gasteiger partial charge in [-0.1, -0.05) is 6.07 Å². The summed E-state index contributed by atoms with van der Waals surface area (Å²) in [7, 11) is 0.